The number of aromatic carboxylic acids is 1. The fraction of sp³-hybridized carbons (Fsp3) is 0. The molecule has 9 heteroatoms. The number of hydrogen-bond acceptors (Lipinski definition) is 1. The van der Waals surface area contributed by atoms with E-state index < -0.39 is 5.97 Å². The Morgan fingerprint density at radius 3 is 1.35 bits per heavy atom. The molecule has 0 bridgehead atoms. The molecular weight excluding hydrogens is 1050 g/mol. The second-order valence-corrected chi connectivity index (χ2v) is 11.2. The Morgan fingerprint density at radius 2 is 0.950 bits per heavy atom. The molecule has 0 aliphatic carbocycles. The largest absolute Gasteiger partial charge is 0.478 e. The van der Waals surface area contributed by atoms with Gasteiger partial charge in [-0.3, -0.25) is 0 Å². The van der Waals surface area contributed by atoms with E-state index in [0.717, 1.165) is 32.2 Å². The third-order valence-corrected chi connectivity index (χ3v) is 15.3. The Hall–Kier alpha value is 3.28. The van der Waals surface area contributed by atoms with Crippen LogP contribution in [0.1, 0.15) is 10.4 Å². The van der Waals surface area contributed by atoms with Crippen LogP contribution >= 0.6 is 158 Å². The first-order chi connectivity index (χ1) is 9.20. The highest BCUT2D eigenvalue weighted by molar-refractivity contribution is 14.1. The van der Waals surface area contributed by atoms with Crippen molar-refractivity contribution >= 4 is 175 Å². The first-order valence-corrected chi connectivity index (χ1v) is 12.3. The average molecular weight is 1050 g/mol. The molecule has 0 radical (unpaired) electrons. The molecule has 0 unspecified atom stereocenters. The van der Waals surface area contributed by atoms with Crippen LogP contribution in [0, 0.1) is 25.0 Å². The molecule has 2 aromatic rings. The molecule has 20 heavy (non-hydrogen) atoms. The van der Waals surface area contributed by atoms with E-state index in [-0.39, 0.29) is 0 Å². The summed E-state index contributed by atoms with van der Waals surface area (Å²) < 4.78 is 7.42. The Labute approximate surface area is 210 Å². The molecule has 2 aromatic carbocycles. The number of fused-ring (bicyclic) bond motifs is 1. The summed E-state index contributed by atoms with van der Waals surface area (Å²) in [6.45, 7) is 0. The SMILES string of the molecule is O=C(O)c1c(I)c(I)c(I)c2c(I)c(I)c(I)c(I)c12. The zero-order valence-corrected chi connectivity index (χ0v) is 24.1. The van der Waals surface area contributed by atoms with E-state index in [0.29, 0.717) is 5.56 Å². The molecule has 106 valence electrons. The highest BCUT2D eigenvalue weighted by Gasteiger charge is 2.25. The molecule has 0 fully saturated rings. The maximum absolute atomic E-state index is 11.7. The van der Waals surface area contributed by atoms with E-state index >= 15 is 0 Å². The maximum Gasteiger partial charge on any atom is 0.337 e. The molecule has 0 aromatic heterocycles. The van der Waals surface area contributed by atoms with Gasteiger partial charge in [-0.1, -0.05) is 0 Å². The van der Waals surface area contributed by atoms with E-state index in [4.69, 9.17) is 0 Å². The second kappa shape index (κ2) is 7.67. The zero-order chi connectivity index (χ0) is 15.4. The molecule has 2 nitrogen and oxygen atoms in total. The van der Waals surface area contributed by atoms with Gasteiger partial charge < -0.3 is 5.11 Å². The number of carboxylic acids is 1. The van der Waals surface area contributed by atoms with Crippen molar-refractivity contribution in [1.82, 2.24) is 0 Å². The molecule has 0 spiro atoms. The Kier molecular flexibility index (Phi) is 7.51. The predicted octanol–water partition coefficient (Wildman–Crippen LogP) is 6.77. The fourth-order valence-electron chi connectivity index (χ4n) is 1.70. The van der Waals surface area contributed by atoms with Gasteiger partial charge in [0.2, 0.25) is 0 Å². The molecular formula is C11HI7O2. The normalized spacial score (nSPS) is 11.2. The highest BCUT2D eigenvalue weighted by atomic mass is 127. The minimum Gasteiger partial charge on any atom is -0.478 e. The van der Waals surface area contributed by atoms with Crippen molar-refractivity contribution in [3.05, 3.63) is 30.6 Å². The van der Waals surface area contributed by atoms with Gasteiger partial charge in [0.25, 0.3) is 0 Å². The summed E-state index contributed by atoms with van der Waals surface area (Å²) >= 11 is 15.9. The molecule has 0 amide bonds. The van der Waals surface area contributed by atoms with Crippen LogP contribution in [0.25, 0.3) is 10.8 Å². The van der Waals surface area contributed by atoms with Crippen LogP contribution in [0.3, 0.4) is 0 Å². The van der Waals surface area contributed by atoms with Gasteiger partial charge in [-0.15, -0.1) is 0 Å². The van der Waals surface area contributed by atoms with E-state index in [1.54, 1.807) is 0 Å². The smallest absolute Gasteiger partial charge is 0.337 e. The topological polar surface area (TPSA) is 37.3 Å². The average Bonchev–Trinajstić information content (AvgIpc) is 2.39. The van der Waals surface area contributed by atoms with Crippen molar-refractivity contribution in [3.8, 4) is 0 Å². The summed E-state index contributed by atoms with van der Waals surface area (Å²) in [5.41, 5.74) is 0.419. The monoisotopic (exact) mass is 1050 g/mol. The van der Waals surface area contributed by atoms with Gasteiger partial charge >= 0.3 is 5.97 Å². The number of carbonyl (C=O) groups is 1. The van der Waals surface area contributed by atoms with Crippen molar-refractivity contribution in [2.75, 3.05) is 0 Å². The Bertz CT molecular complexity index is 762. The number of carboxylic acid groups (broad SMARTS) is 1. The van der Waals surface area contributed by atoms with Crippen molar-refractivity contribution in [1.29, 1.82) is 0 Å². The lowest BCUT2D eigenvalue weighted by atomic mass is 10.0. The van der Waals surface area contributed by atoms with Crippen LogP contribution in [-0.2, 0) is 0 Å². The van der Waals surface area contributed by atoms with E-state index in [1.807, 2.05) is 0 Å². The molecule has 0 saturated carbocycles. The molecule has 1 N–H and O–H groups in total. The molecule has 0 aliphatic heterocycles. The fourth-order valence-corrected chi connectivity index (χ4v) is 8.58. The summed E-state index contributed by atoms with van der Waals surface area (Å²) in [7, 11) is 0. The van der Waals surface area contributed by atoms with E-state index in [9.17, 15) is 9.90 Å². The number of halogens is 7. The molecule has 0 saturated heterocycles. The van der Waals surface area contributed by atoms with Crippen molar-refractivity contribution < 1.29 is 9.90 Å². The van der Waals surface area contributed by atoms with Gasteiger partial charge in [0.1, 0.15) is 0 Å². The summed E-state index contributed by atoms with van der Waals surface area (Å²) in [4.78, 5) is 11.7. The van der Waals surface area contributed by atoms with Crippen LogP contribution in [-0.4, -0.2) is 11.1 Å². The Morgan fingerprint density at radius 1 is 0.600 bits per heavy atom. The van der Waals surface area contributed by atoms with E-state index in [2.05, 4.69) is 158 Å². The van der Waals surface area contributed by atoms with Gasteiger partial charge in [-0.25, -0.2) is 4.79 Å². The third kappa shape index (κ3) is 3.33. The lowest BCUT2D eigenvalue weighted by molar-refractivity contribution is 0.0698. The van der Waals surface area contributed by atoms with Crippen LogP contribution in [0.4, 0.5) is 0 Å². The minimum atomic E-state index is -0.862. The molecule has 0 heterocycles. The predicted molar refractivity (Wildman–Crippen MR) is 140 cm³/mol. The van der Waals surface area contributed by atoms with Crippen LogP contribution in [0.15, 0.2) is 0 Å². The summed E-state index contributed by atoms with van der Waals surface area (Å²) in [6, 6.07) is 0. The first kappa shape index (κ1) is 19.6. The minimum absolute atomic E-state index is 0.419. The van der Waals surface area contributed by atoms with Crippen LogP contribution in [0.5, 0.6) is 0 Å². The summed E-state index contributed by atoms with van der Waals surface area (Å²) in [6.07, 6.45) is 0. The van der Waals surface area contributed by atoms with E-state index in [1.165, 1.54) is 3.57 Å². The number of hydrogen-bond donors (Lipinski definition) is 1. The van der Waals surface area contributed by atoms with Gasteiger partial charge in [0, 0.05) is 35.8 Å². The first-order valence-electron chi connectivity index (χ1n) is 4.75. The summed E-state index contributed by atoms with van der Waals surface area (Å²) in [5.74, 6) is -0.862. The molecule has 0 aliphatic rings. The lowest BCUT2D eigenvalue weighted by Gasteiger charge is -2.16. The van der Waals surface area contributed by atoms with Crippen LogP contribution in [0.2, 0.25) is 0 Å². The standard InChI is InChI=1S/C11HI7O2/c12-4-1-2(6(14)10(18)9(4)17)5(13)8(16)7(15)3(1)11(19)20/h(H,19,20). The lowest BCUT2D eigenvalue weighted by Crippen LogP contribution is -2.09. The zero-order valence-electron chi connectivity index (χ0n) is 9.00. The number of benzene rings is 2. The second-order valence-electron chi connectivity index (χ2n) is 3.63. The maximum atomic E-state index is 11.7. The van der Waals surface area contributed by atoms with Crippen molar-refractivity contribution in [2.45, 2.75) is 0 Å². The number of rotatable bonds is 1. The van der Waals surface area contributed by atoms with Crippen molar-refractivity contribution in [2.24, 2.45) is 0 Å². The van der Waals surface area contributed by atoms with Gasteiger partial charge in [0.05, 0.1) is 5.56 Å². The highest BCUT2D eigenvalue weighted by Crippen LogP contribution is 2.42. The van der Waals surface area contributed by atoms with Crippen LogP contribution < -0.4 is 0 Å². The van der Waals surface area contributed by atoms with Gasteiger partial charge in [-0.2, -0.15) is 0 Å². The Balaban J connectivity index is 3.27. The van der Waals surface area contributed by atoms with Gasteiger partial charge in [-0.05, 0) is 158 Å². The van der Waals surface area contributed by atoms with Gasteiger partial charge in [0.15, 0.2) is 0 Å². The quantitative estimate of drug-likeness (QED) is 0.195. The van der Waals surface area contributed by atoms with Crippen molar-refractivity contribution in [3.63, 3.8) is 0 Å². The third-order valence-electron chi connectivity index (χ3n) is 2.56. The molecule has 0 atom stereocenters. The summed E-state index contributed by atoms with van der Waals surface area (Å²) in [5, 5.41) is 11.6. The molecule has 2 rings (SSSR count).